The second-order valence-electron chi connectivity index (χ2n) is 16.6. The lowest BCUT2D eigenvalue weighted by Gasteiger charge is -2.34. The molecule has 2 atom stereocenters. The zero-order valence-electron chi connectivity index (χ0n) is 36.6. The normalized spacial score (nSPS) is 13.1. The molecule has 8 nitrogen and oxygen atoms in total. The Hall–Kier alpha value is -2.19. The number of carboxylic acids is 1. The van der Waals surface area contributed by atoms with Crippen molar-refractivity contribution in [1.82, 2.24) is 0 Å². The minimum Gasteiger partial charge on any atom is -0.544 e. The zero-order chi connectivity index (χ0) is 40.7. The van der Waals surface area contributed by atoms with Crippen LogP contribution >= 0.6 is 0 Å². The number of unbranched alkanes of at least 4 members (excludes halogenated alkanes) is 23. The number of quaternary nitrogens is 1. The molecule has 0 aliphatic rings. The largest absolute Gasteiger partial charge is 0.544 e. The molecular formula is C47H87NO7. The van der Waals surface area contributed by atoms with Crippen LogP contribution in [0.3, 0.4) is 0 Å². The van der Waals surface area contributed by atoms with Gasteiger partial charge in [0.15, 0.2) is 6.10 Å². The van der Waals surface area contributed by atoms with Crippen LogP contribution in [0.15, 0.2) is 24.3 Å². The van der Waals surface area contributed by atoms with E-state index in [1.807, 2.05) is 0 Å². The van der Waals surface area contributed by atoms with Gasteiger partial charge < -0.3 is 28.6 Å². The smallest absolute Gasteiger partial charge is 0.306 e. The van der Waals surface area contributed by atoms with Gasteiger partial charge in [0.05, 0.1) is 40.3 Å². The zero-order valence-corrected chi connectivity index (χ0v) is 36.6. The lowest BCUT2D eigenvalue weighted by atomic mass is 10.0. The molecule has 0 radical (unpaired) electrons. The first-order valence-corrected chi connectivity index (χ1v) is 22.9. The highest BCUT2D eigenvalue weighted by Gasteiger charge is 2.25. The van der Waals surface area contributed by atoms with E-state index in [0.29, 0.717) is 12.8 Å². The Balaban J connectivity index is 4.32. The second kappa shape index (κ2) is 38.7. The number of ether oxygens (including phenoxy) is 3. The van der Waals surface area contributed by atoms with Crippen molar-refractivity contribution in [2.24, 2.45) is 0 Å². The van der Waals surface area contributed by atoms with Gasteiger partial charge in [-0.2, -0.15) is 0 Å². The van der Waals surface area contributed by atoms with Crippen LogP contribution in [0.1, 0.15) is 206 Å². The maximum atomic E-state index is 12.7. The number of carboxylic acid groups (broad SMARTS) is 1. The minimum atomic E-state index is -1.12. The molecule has 322 valence electrons. The Morgan fingerprint density at radius 1 is 0.545 bits per heavy atom. The van der Waals surface area contributed by atoms with Gasteiger partial charge in [0.2, 0.25) is 0 Å². The quantitative estimate of drug-likeness (QED) is 0.0264. The van der Waals surface area contributed by atoms with Gasteiger partial charge in [-0.3, -0.25) is 9.59 Å². The van der Waals surface area contributed by atoms with Crippen LogP contribution in [0.2, 0.25) is 0 Å². The summed E-state index contributed by atoms with van der Waals surface area (Å²) >= 11 is 0. The lowest BCUT2D eigenvalue weighted by Crippen LogP contribution is -2.55. The standard InChI is InChI=1S/C47H87NO7/c1-6-8-10-12-14-16-18-20-22-23-24-26-28-30-32-34-36-38-46(50)55-43(41-53-40-39-44(47(51)52)48(3,4)5)42-54-45(49)37-35-33-31-29-27-25-21-19-17-15-13-11-9-7-2/h14,16,20,22,43-44H,6-13,15,17-19,21,23-42H2,1-5H3/b16-14-,22-20-. The maximum Gasteiger partial charge on any atom is 0.306 e. The molecule has 0 aromatic heterocycles. The summed E-state index contributed by atoms with van der Waals surface area (Å²) < 4.78 is 17.2. The summed E-state index contributed by atoms with van der Waals surface area (Å²) in [6, 6.07) is -0.724. The summed E-state index contributed by atoms with van der Waals surface area (Å²) in [6.07, 6.45) is 41.9. The van der Waals surface area contributed by atoms with Crippen molar-refractivity contribution in [1.29, 1.82) is 0 Å². The van der Waals surface area contributed by atoms with Crippen LogP contribution in [0.25, 0.3) is 0 Å². The molecule has 2 unspecified atom stereocenters. The number of allylic oxidation sites excluding steroid dienone is 4. The van der Waals surface area contributed by atoms with Crippen molar-refractivity contribution in [3.8, 4) is 0 Å². The van der Waals surface area contributed by atoms with Gasteiger partial charge >= 0.3 is 11.9 Å². The number of rotatable bonds is 41. The van der Waals surface area contributed by atoms with Crippen molar-refractivity contribution in [2.75, 3.05) is 41.0 Å². The molecule has 55 heavy (non-hydrogen) atoms. The third-order valence-electron chi connectivity index (χ3n) is 10.3. The monoisotopic (exact) mass is 778 g/mol. The number of hydrogen-bond acceptors (Lipinski definition) is 7. The van der Waals surface area contributed by atoms with Crippen molar-refractivity contribution >= 4 is 17.9 Å². The second-order valence-corrected chi connectivity index (χ2v) is 16.6. The molecule has 0 amide bonds. The van der Waals surface area contributed by atoms with Crippen LogP contribution in [-0.4, -0.2) is 75.5 Å². The number of aliphatic carboxylic acids is 1. The van der Waals surface area contributed by atoms with Gasteiger partial charge in [-0.15, -0.1) is 0 Å². The van der Waals surface area contributed by atoms with Crippen molar-refractivity contribution in [3.05, 3.63) is 24.3 Å². The highest BCUT2D eigenvalue weighted by atomic mass is 16.6. The van der Waals surface area contributed by atoms with Gasteiger partial charge in [-0.05, 0) is 44.9 Å². The molecule has 0 aliphatic carbocycles. The summed E-state index contributed by atoms with van der Waals surface area (Å²) in [4.78, 5) is 36.9. The fourth-order valence-corrected chi connectivity index (χ4v) is 6.75. The van der Waals surface area contributed by atoms with E-state index in [-0.39, 0.29) is 42.7 Å². The molecule has 0 fully saturated rings. The summed E-state index contributed by atoms with van der Waals surface area (Å²) in [6.45, 7) is 4.65. The van der Waals surface area contributed by atoms with E-state index in [0.717, 1.165) is 51.4 Å². The lowest BCUT2D eigenvalue weighted by molar-refractivity contribution is -0.889. The maximum absolute atomic E-state index is 12.7. The predicted octanol–water partition coefficient (Wildman–Crippen LogP) is 11.1. The van der Waals surface area contributed by atoms with Gasteiger partial charge in [0.1, 0.15) is 12.6 Å². The van der Waals surface area contributed by atoms with Gasteiger partial charge in [-0.1, -0.05) is 167 Å². The summed E-state index contributed by atoms with van der Waals surface area (Å²) in [5, 5.41) is 11.6. The first kappa shape index (κ1) is 52.8. The Bertz CT molecular complexity index is 957. The Morgan fingerprint density at radius 3 is 1.44 bits per heavy atom. The molecule has 0 spiro atoms. The molecule has 0 N–H and O–H groups in total. The number of nitrogens with zero attached hydrogens (tertiary/aromatic N) is 1. The van der Waals surface area contributed by atoms with Crippen LogP contribution in [0, 0.1) is 0 Å². The molecule has 0 saturated heterocycles. The van der Waals surface area contributed by atoms with Crippen LogP contribution in [0.4, 0.5) is 0 Å². The first-order chi connectivity index (χ1) is 26.6. The molecule has 0 heterocycles. The van der Waals surface area contributed by atoms with Crippen LogP contribution < -0.4 is 5.11 Å². The molecular weight excluding hydrogens is 691 g/mol. The summed E-state index contributed by atoms with van der Waals surface area (Å²) in [5.41, 5.74) is 0. The van der Waals surface area contributed by atoms with E-state index in [1.54, 1.807) is 21.1 Å². The molecule has 0 aromatic carbocycles. The average molecular weight is 778 g/mol. The molecule has 0 bridgehead atoms. The predicted molar refractivity (Wildman–Crippen MR) is 227 cm³/mol. The number of esters is 2. The average Bonchev–Trinajstić information content (AvgIpc) is 3.14. The van der Waals surface area contributed by atoms with Crippen LogP contribution in [0.5, 0.6) is 0 Å². The number of carbonyl (C=O) groups is 3. The van der Waals surface area contributed by atoms with Crippen LogP contribution in [-0.2, 0) is 28.6 Å². The number of hydrogen-bond donors (Lipinski definition) is 0. The topological polar surface area (TPSA) is 102 Å². The van der Waals surface area contributed by atoms with Crippen molar-refractivity contribution < 1.29 is 38.2 Å². The fourth-order valence-electron chi connectivity index (χ4n) is 6.75. The number of likely N-dealkylation sites (N-methyl/N-ethyl adjacent to an activating group) is 1. The van der Waals surface area contributed by atoms with E-state index in [2.05, 4.69) is 38.2 Å². The summed E-state index contributed by atoms with van der Waals surface area (Å²) in [5.74, 6) is -1.73. The Labute approximate surface area is 339 Å². The highest BCUT2D eigenvalue weighted by molar-refractivity contribution is 5.70. The Kier molecular flexibility index (Phi) is 37.1. The third-order valence-corrected chi connectivity index (χ3v) is 10.3. The van der Waals surface area contributed by atoms with E-state index >= 15 is 0 Å². The van der Waals surface area contributed by atoms with E-state index in [4.69, 9.17) is 14.2 Å². The highest BCUT2D eigenvalue weighted by Crippen LogP contribution is 2.15. The molecule has 0 saturated carbocycles. The van der Waals surface area contributed by atoms with E-state index in [9.17, 15) is 19.5 Å². The van der Waals surface area contributed by atoms with E-state index < -0.39 is 18.1 Å². The van der Waals surface area contributed by atoms with E-state index in [1.165, 1.54) is 122 Å². The van der Waals surface area contributed by atoms with Gasteiger partial charge in [-0.25, -0.2) is 0 Å². The SMILES string of the molecule is CCCCC/C=C\C/C=C\CCCCCCCCCC(=O)OC(COCCC(C(=O)[O-])[N+](C)(C)C)COC(=O)CCCCCCCCCCCCCCCC. The van der Waals surface area contributed by atoms with Crippen molar-refractivity contribution in [3.63, 3.8) is 0 Å². The number of carbonyl (C=O) groups excluding carboxylic acids is 3. The van der Waals surface area contributed by atoms with Crippen molar-refractivity contribution in [2.45, 2.75) is 219 Å². The Morgan fingerprint density at radius 2 is 0.964 bits per heavy atom. The molecule has 0 aliphatic heterocycles. The summed E-state index contributed by atoms with van der Waals surface area (Å²) in [7, 11) is 5.41. The molecule has 8 heteroatoms. The molecule has 0 rings (SSSR count). The first-order valence-electron chi connectivity index (χ1n) is 22.9. The third kappa shape index (κ3) is 37.2. The fraction of sp³-hybridized carbons (Fsp3) is 0.851. The van der Waals surface area contributed by atoms with Gasteiger partial charge in [0, 0.05) is 19.3 Å². The molecule has 0 aromatic rings. The minimum absolute atomic E-state index is 0.0414. The van der Waals surface area contributed by atoms with Gasteiger partial charge in [0.25, 0.3) is 0 Å².